The zero-order valence-corrected chi connectivity index (χ0v) is 8.67. The van der Waals surface area contributed by atoms with Crippen molar-refractivity contribution in [3.05, 3.63) is 34.9 Å². The van der Waals surface area contributed by atoms with Crippen molar-refractivity contribution in [1.29, 1.82) is 0 Å². The summed E-state index contributed by atoms with van der Waals surface area (Å²) in [7, 11) is 0. The van der Waals surface area contributed by atoms with Crippen LogP contribution in [0.1, 0.15) is 21.5 Å². The second kappa shape index (κ2) is 4.24. The summed E-state index contributed by atoms with van der Waals surface area (Å²) in [5.74, 6) is -0.466. The Labute approximate surface area is 87.0 Å². The quantitative estimate of drug-likeness (QED) is 0.354. The van der Waals surface area contributed by atoms with Crippen LogP contribution in [0.15, 0.2) is 23.4 Å². The lowest BCUT2D eigenvalue weighted by atomic mass is 10.0. The largest absolute Gasteiger partial charge is 0.410 e. The van der Waals surface area contributed by atoms with Crippen LogP contribution in [0.4, 0.5) is 0 Å². The smallest absolute Gasteiger partial charge is 0.226 e. The molecule has 1 rings (SSSR count). The second-order valence-electron chi connectivity index (χ2n) is 3.04. The van der Waals surface area contributed by atoms with Gasteiger partial charge < -0.3 is 5.21 Å². The monoisotopic (exact) mass is 211 g/mol. The molecule has 1 N–H and O–H groups in total. The minimum atomic E-state index is -0.466. The molecular formula is C10H10ClNO2. The van der Waals surface area contributed by atoms with E-state index < -0.39 is 11.0 Å². The van der Waals surface area contributed by atoms with Crippen molar-refractivity contribution in [2.24, 2.45) is 5.16 Å². The van der Waals surface area contributed by atoms with Gasteiger partial charge in [0.25, 0.3) is 0 Å². The van der Waals surface area contributed by atoms with E-state index in [0.717, 1.165) is 11.1 Å². The number of hydrogen-bond acceptors (Lipinski definition) is 3. The molecule has 0 saturated carbocycles. The average molecular weight is 212 g/mol. The van der Waals surface area contributed by atoms with Gasteiger partial charge in [0.2, 0.25) is 11.0 Å². The molecule has 0 aliphatic carbocycles. The van der Waals surface area contributed by atoms with Gasteiger partial charge in [-0.05, 0) is 19.4 Å². The molecule has 0 aliphatic heterocycles. The third-order valence-electron chi connectivity index (χ3n) is 1.90. The van der Waals surface area contributed by atoms with Crippen LogP contribution >= 0.6 is 11.6 Å². The molecule has 0 amide bonds. The number of carbonyl (C=O) groups is 1. The number of oxime groups is 1. The molecule has 0 radical (unpaired) electrons. The van der Waals surface area contributed by atoms with Gasteiger partial charge in [0.15, 0.2) is 0 Å². The first-order valence-corrected chi connectivity index (χ1v) is 4.43. The van der Waals surface area contributed by atoms with Crippen molar-refractivity contribution >= 4 is 22.6 Å². The molecule has 0 unspecified atom stereocenters. The number of nitrogens with zero attached hydrogens (tertiary/aromatic N) is 1. The van der Waals surface area contributed by atoms with Crippen molar-refractivity contribution in [3.63, 3.8) is 0 Å². The highest BCUT2D eigenvalue weighted by atomic mass is 35.5. The molecule has 0 bridgehead atoms. The van der Waals surface area contributed by atoms with Crippen molar-refractivity contribution in [2.75, 3.05) is 0 Å². The van der Waals surface area contributed by atoms with Crippen LogP contribution in [-0.4, -0.2) is 16.2 Å². The second-order valence-corrected chi connectivity index (χ2v) is 3.40. The molecule has 1 aromatic carbocycles. The van der Waals surface area contributed by atoms with Crippen molar-refractivity contribution in [2.45, 2.75) is 13.8 Å². The number of ketones is 1. The van der Waals surface area contributed by atoms with E-state index >= 15 is 0 Å². The predicted molar refractivity (Wildman–Crippen MR) is 55.3 cm³/mol. The van der Waals surface area contributed by atoms with E-state index in [1.165, 1.54) is 0 Å². The normalized spacial score (nSPS) is 11.5. The summed E-state index contributed by atoms with van der Waals surface area (Å²) in [5.41, 5.74) is 2.34. The van der Waals surface area contributed by atoms with E-state index in [4.69, 9.17) is 16.8 Å². The maximum Gasteiger partial charge on any atom is 0.226 e. The molecule has 4 heteroatoms. The topological polar surface area (TPSA) is 49.7 Å². The molecule has 0 aromatic heterocycles. The van der Waals surface area contributed by atoms with Gasteiger partial charge in [-0.2, -0.15) is 0 Å². The summed E-state index contributed by atoms with van der Waals surface area (Å²) >= 11 is 5.41. The van der Waals surface area contributed by atoms with Gasteiger partial charge in [0.1, 0.15) is 0 Å². The molecule has 0 aliphatic rings. The molecule has 0 spiro atoms. The molecule has 0 heterocycles. The van der Waals surface area contributed by atoms with E-state index in [1.807, 2.05) is 26.0 Å². The lowest BCUT2D eigenvalue weighted by Crippen LogP contribution is -2.09. The number of benzene rings is 1. The first-order chi connectivity index (χ1) is 6.56. The van der Waals surface area contributed by atoms with Gasteiger partial charge in [0, 0.05) is 5.56 Å². The molecule has 3 nitrogen and oxygen atoms in total. The highest BCUT2D eigenvalue weighted by molar-refractivity contribution is 6.84. The SMILES string of the molecule is Cc1ccc(C(=O)/C(Cl)=N\O)c(C)c1. The number of Topliss-reactive ketones (excluding diaryl/α,β-unsaturated/α-hetero) is 1. The van der Waals surface area contributed by atoms with E-state index in [1.54, 1.807) is 6.07 Å². The van der Waals surface area contributed by atoms with E-state index in [-0.39, 0.29) is 0 Å². The zero-order valence-electron chi connectivity index (χ0n) is 7.91. The van der Waals surface area contributed by atoms with Crippen LogP contribution in [0.5, 0.6) is 0 Å². The summed E-state index contributed by atoms with van der Waals surface area (Å²) in [6, 6.07) is 5.34. The third kappa shape index (κ3) is 2.12. The third-order valence-corrected chi connectivity index (χ3v) is 2.15. The molecule has 1 aromatic rings. The van der Waals surface area contributed by atoms with Gasteiger partial charge in [-0.15, -0.1) is 0 Å². The maximum absolute atomic E-state index is 11.5. The molecule has 0 fully saturated rings. The molecule has 0 saturated heterocycles. The Morgan fingerprint density at radius 1 is 1.43 bits per heavy atom. The molecule has 74 valence electrons. The Hall–Kier alpha value is -1.35. The summed E-state index contributed by atoms with van der Waals surface area (Å²) in [5, 5.41) is 10.6. The number of halogens is 1. The fourth-order valence-electron chi connectivity index (χ4n) is 1.22. The summed E-state index contributed by atoms with van der Waals surface area (Å²) in [6.07, 6.45) is 0. The summed E-state index contributed by atoms with van der Waals surface area (Å²) < 4.78 is 0. The molecule has 14 heavy (non-hydrogen) atoms. The summed E-state index contributed by atoms with van der Waals surface area (Å²) in [4.78, 5) is 11.5. The van der Waals surface area contributed by atoms with Crippen molar-refractivity contribution in [3.8, 4) is 0 Å². The minimum Gasteiger partial charge on any atom is -0.410 e. The number of aryl methyl sites for hydroxylation is 2. The van der Waals surface area contributed by atoms with Crippen LogP contribution in [0.3, 0.4) is 0 Å². The van der Waals surface area contributed by atoms with Crippen molar-refractivity contribution in [1.82, 2.24) is 0 Å². The number of carbonyl (C=O) groups excluding carboxylic acids is 1. The van der Waals surface area contributed by atoms with Gasteiger partial charge in [-0.1, -0.05) is 40.5 Å². The fourth-order valence-corrected chi connectivity index (χ4v) is 1.33. The minimum absolute atomic E-state index is 0.419. The van der Waals surface area contributed by atoms with E-state index in [0.29, 0.717) is 5.56 Å². The highest BCUT2D eigenvalue weighted by Gasteiger charge is 2.14. The standard InChI is InChI=1S/C10H10ClNO2/c1-6-3-4-8(7(2)5-6)9(13)10(11)12-14/h3-5,14H,1-2H3/b12-10+. The van der Waals surface area contributed by atoms with Gasteiger partial charge >= 0.3 is 0 Å². The molecular weight excluding hydrogens is 202 g/mol. The number of rotatable bonds is 2. The first kappa shape index (κ1) is 10.7. The predicted octanol–water partition coefficient (Wildman–Crippen LogP) is 2.51. The number of hydrogen-bond donors (Lipinski definition) is 1. The Bertz CT molecular complexity index is 399. The molecule has 0 atom stereocenters. The maximum atomic E-state index is 11.5. The van der Waals surface area contributed by atoms with Crippen LogP contribution < -0.4 is 0 Å². The van der Waals surface area contributed by atoms with Gasteiger partial charge in [-0.3, -0.25) is 4.79 Å². The Kier molecular flexibility index (Phi) is 3.25. The van der Waals surface area contributed by atoms with Crippen LogP contribution in [0.25, 0.3) is 0 Å². The Morgan fingerprint density at radius 2 is 2.07 bits per heavy atom. The van der Waals surface area contributed by atoms with E-state index in [9.17, 15) is 4.79 Å². The fraction of sp³-hybridized carbons (Fsp3) is 0.200. The highest BCUT2D eigenvalue weighted by Crippen LogP contribution is 2.12. The van der Waals surface area contributed by atoms with E-state index in [2.05, 4.69) is 5.16 Å². The average Bonchev–Trinajstić information content (AvgIpc) is 2.15. The van der Waals surface area contributed by atoms with Crippen LogP contribution in [0.2, 0.25) is 0 Å². The Balaban J connectivity index is 3.14. The summed E-state index contributed by atoms with van der Waals surface area (Å²) in [6.45, 7) is 3.74. The first-order valence-electron chi connectivity index (χ1n) is 4.05. The van der Waals surface area contributed by atoms with Crippen LogP contribution in [0, 0.1) is 13.8 Å². The van der Waals surface area contributed by atoms with Gasteiger partial charge in [0.05, 0.1) is 0 Å². The lowest BCUT2D eigenvalue weighted by molar-refractivity contribution is 0.106. The van der Waals surface area contributed by atoms with Crippen LogP contribution in [-0.2, 0) is 0 Å². The Morgan fingerprint density at radius 3 is 2.57 bits per heavy atom. The van der Waals surface area contributed by atoms with Gasteiger partial charge in [-0.25, -0.2) is 0 Å². The zero-order chi connectivity index (χ0) is 10.7. The lowest BCUT2D eigenvalue weighted by Gasteiger charge is -2.03. The van der Waals surface area contributed by atoms with Crippen molar-refractivity contribution < 1.29 is 10.0 Å².